The molecule has 0 aliphatic carbocycles. The van der Waals surface area contributed by atoms with Crippen molar-refractivity contribution in [3.05, 3.63) is 88.5 Å². The summed E-state index contributed by atoms with van der Waals surface area (Å²) in [7, 11) is 1.90. The van der Waals surface area contributed by atoms with E-state index in [1.54, 1.807) is 38.5 Å². The SMILES string of the molecule is COc1cc(C=Cc2ccc(C3(c4ccc(C(C)=O)cc4OC)CN(C)CCN3P(=O)(O)O)cc2)cc(OC)c1.Cl. The number of carbonyl (C=O) groups is 1. The van der Waals surface area contributed by atoms with Crippen molar-refractivity contribution in [2.24, 2.45) is 0 Å². The molecule has 41 heavy (non-hydrogen) atoms. The maximum Gasteiger partial charge on any atom is 0.404 e. The minimum atomic E-state index is -4.72. The van der Waals surface area contributed by atoms with Crippen LogP contribution >= 0.6 is 20.2 Å². The van der Waals surface area contributed by atoms with Crippen molar-refractivity contribution in [3.8, 4) is 17.2 Å². The number of ketones is 1. The number of carbonyl (C=O) groups excluding carboxylic acids is 1. The van der Waals surface area contributed by atoms with Crippen molar-refractivity contribution in [1.82, 2.24) is 9.57 Å². The molecule has 3 aromatic carbocycles. The molecule has 0 aromatic heterocycles. The second-order valence-electron chi connectivity index (χ2n) is 9.81. The van der Waals surface area contributed by atoms with Crippen LogP contribution in [0.3, 0.4) is 0 Å². The molecule has 9 nitrogen and oxygen atoms in total. The highest BCUT2D eigenvalue weighted by molar-refractivity contribution is 7.49. The number of piperazine rings is 1. The number of Topliss-reactive ketones (excluding diaryl/α,β-unsaturated/α-hetero) is 1. The first-order valence-corrected chi connectivity index (χ1v) is 14.3. The van der Waals surface area contributed by atoms with Crippen molar-refractivity contribution < 1.29 is 33.4 Å². The van der Waals surface area contributed by atoms with E-state index in [2.05, 4.69) is 0 Å². The van der Waals surface area contributed by atoms with Gasteiger partial charge in [0.25, 0.3) is 0 Å². The minimum absolute atomic E-state index is 0. The lowest BCUT2D eigenvalue weighted by molar-refractivity contribution is 0.0724. The predicted octanol–water partition coefficient (Wildman–Crippen LogP) is 5.09. The molecule has 1 atom stereocenters. The first-order valence-electron chi connectivity index (χ1n) is 12.7. The summed E-state index contributed by atoms with van der Waals surface area (Å²) in [6.45, 7) is 2.38. The lowest BCUT2D eigenvalue weighted by Gasteiger charge is -2.50. The van der Waals surface area contributed by atoms with Gasteiger partial charge in [0.1, 0.15) is 17.2 Å². The average molecular weight is 603 g/mol. The molecule has 11 heteroatoms. The zero-order valence-electron chi connectivity index (χ0n) is 23.7. The molecule has 1 fully saturated rings. The van der Waals surface area contributed by atoms with Crippen molar-refractivity contribution in [3.63, 3.8) is 0 Å². The zero-order valence-corrected chi connectivity index (χ0v) is 25.4. The highest BCUT2D eigenvalue weighted by Crippen LogP contribution is 2.55. The normalized spacial score (nSPS) is 18.1. The third-order valence-electron chi connectivity index (χ3n) is 7.23. The molecule has 1 unspecified atom stereocenters. The highest BCUT2D eigenvalue weighted by Gasteiger charge is 2.52. The summed E-state index contributed by atoms with van der Waals surface area (Å²) in [5.41, 5.74) is 2.27. The van der Waals surface area contributed by atoms with Gasteiger partial charge in [-0.1, -0.05) is 48.6 Å². The molecule has 1 aliphatic rings. The van der Waals surface area contributed by atoms with Gasteiger partial charge in [-0.3, -0.25) is 4.79 Å². The first kappa shape index (κ1) is 32.3. The summed E-state index contributed by atoms with van der Waals surface area (Å²) >= 11 is 0. The van der Waals surface area contributed by atoms with Gasteiger partial charge in [-0.15, -0.1) is 12.4 Å². The van der Waals surface area contributed by atoms with Gasteiger partial charge in [-0.05, 0) is 48.9 Å². The zero-order chi connectivity index (χ0) is 29.1. The Kier molecular flexibility index (Phi) is 10.4. The van der Waals surface area contributed by atoms with E-state index in [1.807, 2.05) is 60.5 Å². The van der Waals surface area contributed by atoms with E-state index in [1.165, 1.54) is 18.7 Å². The number of halogens is 1. The molecule has 0 radical (unpaired) electrons. The topological polar surface area (TPSA) is 109 Å². The highest BCUT2D eigenvalue weighted by atomic mass is 35.5. The second-order valence-corrected chi connectivity index (χ2v) is 11.3. The Morgan fingerprint density at radius 2 is 1.49 bits per heavy atom. The summed E-state index contributed by atoms with van der Waals surface area (Å²) in [6.07, 6.45) is 3.89. The van der Waals surface area contributed by atoms with Crippen molar-refractivity contribution in [2.75, 3.05) is 48.0 Å². The fourth-order valence-electron chi connectivity index (χ4n) is 5.22. The summed E-state index contributed by atoms with van der Waals surface area (Å²) in [6, 6.07) is 18.2. The second kappa shape index (κ2) is 13.2. The van der Waals surface area contributed by atoms with Crippen LogP contribution in [0.2, 0.25) is 0 Å². The third-order valence-corrected chi connectivity index (χ3v) is 8.40. The van der Waals surface area contributed by atoms with Crippen molar-refractivity contribution in [1.29, 1.82) is 0 Å². The van der Waals surface area contributed by atoms with Crippen molar-refractivity contribution >= 4 is 38.1 Å². The molecule has 1 saturated heterocycles. The van der Waals surface area contributed by atoms with Gasteiger partial charge in [0, 0.05) is 36.8 Å². The molecule has 0 bridgehead atoms. The van der Waals surface area contributed by atoms with Crippen LogP contribution in [0.5, 0.6) is 17.2 Å². The van der Waals surface area contributed by atoms with E-state index in [0.29, 0.717) is 47.0 Å². The molecule has 0 amide bonds. The molecule has 3 aromatic rings. The fraction of sp³-hybridized carbons (Fsp3) is 0.300. The van der Waals surface area contributed by atoms with Crippen LogP contribution in [-0.2, 0) is 10.1 Å². The minimum Gasteiger partial charge on any atom is -0.497 e. The Hall–Kier alpha value is -3.17. The number of benzene rings is 3. The number of hydrogen-bond acceptors (Lipinski definition) is 6. The van der Waals surface area contributed by atoms with E-state index in [-0.39, 0.29) is 24.7 Å². The Bertz CT molecular complexity index is 1440. The van der Waals surface area contributed by atoms with Gasteiger partial charge >= 0.3 is 7.75 Å². The largest absolute Gasteiger partial charge is 0.497 e. The molecule has 0 saturated carbocycles. The molecule has 2 N–H and O–H groups in total. The lowest BCUT2D eigenvalue weighted by atomic mass is 9.79. The Morgan fingerprint density at radius 3 is 2.02 bits per heavy atom. The van der Waals surface area contributed by atoms with Crippen LogP contribution < -0.4 is 14.2 Å². The number of nitrogens with zero attached hydrogens (tertiary/aromatic N) is 2. The van der Waals surface area contributed by atoms with Crippen LogP contribution in [0.25, 0.3) is 12.2 Å². The van der Waals surface area contributed by atoms with Crippen molar-refractivity contribution in [2.45, 2.75) is 12.5 Å². The maximum atomic E-state index is 12.9. The molecular formula is C30H36ClN2O7P. The van der Waals surface area contributed by atoms with E-state index in [9.17, 15) is 19.1 Å². The predicted molar refractivity (Wildman–Crippen MR) is 162 cm³/mol. The van der Waals surface area contributed by atoms with Crippen LogP contribution in [0.15, 0.2) is 60.7 Å². The maximum absolute atomic E-state index is 12.9. The quantitative estimate of drug-likeness (QED) is 0.197. The molecule has 1 heterocycles. The van der Waals surface area contributed by atoms with Gasteiger partial charge in [0.05, 0.1) is 26.9 Å². The summed E-state index contributed by atoms with van der Waals surface area (Å²) in [5.74, 6) is 1.62. The number of hydrogen-bond donors (Lipinski definition) is 2. The number of ether oxygens (including phenoxy) is 3. The summed E-state index contributed by atoms with van der Waals surface area (Å²) in [4.78, 5) is 35.2. The Labute approximate surface area is 247 Å². The molecule has 4 rings (SSSR count). The molecule has 220 valence electrons. The average Bonchev–Trinajstić information content (AvgIpc) is 2.94. The van der Waals surface area contributed by atoms with E-state index in [4.69, 9.17) is 14.2 Å². The van der Waals surface area contributed by atoms with Crippen LogP contribution in [-0.4, -0.2) is 73.2 Å². The lowest BCUT2D eigenvalue weighted by Crippen LogP contribution is -2.58. The van der Waals surface area contributed by atoms with Gasteiger partial charge in [-0.25, -0.2) is 4.57 Å². The summed E-state index contributed by atoms with van der Waals surface area (Å²) in [5, 5.41) is 0. The number of methoxy groups -OCH3 is 3. The molecule has 1 aliphatic heterocycles. The first-order chi connectivity index (χ1) is 19.0. The third kappa shape index (κ3) is 6.84. The van der Waals surface area contributed by atoms with Crippen LogP contribution in [0.4, 0.5) is 0 Å². The van der Waals surface area contributed by atoms with Gasteiger partial charge in [-0.2, -0.15) is 4.67 Å². The van der Waals surface area contributed by atoms with E-state index >= 15 is 0 Å². The van der Waals surface area contributed by atoms with E-state index in [0.717, 1.165) is 11.1 Å². The van der Waals surface area contributed by atoms with Gasteiger partial charge in [0.15, 0.2) is 5.78 Å². The Morgan fingerprint density at radius 1 is 0.878 bits per heavy atom. The molecular weight excluding hydrogens is 567 g/mol. The monoisotopic (exact) mass is 602 g/mol. The van der Waals surface area contributed by atoms with Gasteiger partial charge < -0.3 is 28.9 Å². The standard InChI is InChI=1S/C30H35N2O7P.ClH/c1-21(33)24-10-13-28(29(18-24)39-5)30(20-31(2)14-15-32(30)40(34,35)36)25-11-8-22(9-12-25)6-7-23-16-26(37-3)19-27(17-23)38-4;/h6-13,16-19H,14-15,20H2,1-5H3,(H2,34,35,36);1H. The van der Waals surface area contributed by atoms with Crippen LogP contribution in [0, 0.1) is 0 Å². The Balaban J connectivity index is 0.00000462. The summed E-state index contributed by atoms with van der Waals surface area (Å²) < 4.78 is 30.6. The smallest absolute Gasteiger partial charge is 0.404 e. The fourth-order valence-corrected chi connectivity index (χ4v) is 6.30. The number of likely N-dealkylation sites (N-methyl/N-ethyl adjacent to an activating group) is 1. The van der Waals surface area contributed by atoms with E-state index < -0.39 is 13.3 Å². The molecule has 0 spiro atoms. The van der Waals surface area contributed by atoms with Gasteiger partial charge in [0.2, 0.25) is 0 Å². The number of rotatable bonds is 9. The van der Waals surface area contributed by atoms with Crippen LogP contribution in [0.1, 0.15) is 39.5 Å².